The molecule has 0 radical (unpaired) electrons. The Labute approximate surface area is 229 Å². The number of nitrogens with zero attached hydrogens (tertiary/aromatic N) is 3. The van der Waals surface area contributed by atoms with E-state index in [9.17, 15) is 23.2 Å². The van der Waals surface area contributed by atoms with Gasteiger partial charge in [0.05, 0.1) is 11.4 Å². The van der Waals surface area contributed by atoms with Gasteiger partial charge in [-0.1, -0.05) is 11.6 Å². The third-order valence-electron chi connectivity index (χ3n) is 7.51. The average Bonchev–Trinajstić information content (AvgIpc) is 3.19. The van der Waals surface area contributed by atoms with Crippen molar-refractivity contribution in [1.82, 2.24) is 19.6 Å². The standard InChI is InChI=1S/C25H27ClF2N4O6S/c26-16-4-6-18(7-5-16)38-22-20(27)12-19(13-21(22)28)39(36,37)32-17-8-9-25(32,23(33)29-35)15-31(14-17)24(34)30-10-2-1-3-11-30/h4-7,12-13,17,35H,1-3,8-11,14-15H2,(H,29,33). The van der Waals surface area contributed by atoms with Crippen molar-refractivity contribution in [2.75, 3.05) is 26.2 Å². The molecule has 3 aliphatic rings. The first kappa shape index (κ1) is 27.6. The predicted molar refractivity (Wildman–Crippen MR) is 135 cm³/mol. The molecule has 14 heteroatoms. The lowest BCUT2D eigenvalue weighted by atomic mass is 9.96. The van der Waals surface area contributed by atoms with Crippen LogP contribution in [0.3, 0.4) is 0 Å². The van der Waals surface area contributed by atoms with Crippen LogP contribution in [-0.4, -0.2) is 77.4 Å². The number of hydrogen-bond acceptors (Lipinski definition) is 6. The number of sulfonamides is 1. The van der Waals surface area contributed by atoms with Crippen molar-refractivity contribution in [3.63, 3.8) is 0 Å². The van der Waals surface area contributed by atoms with Gasteiger partial charge in [-0.25, -0.2) is 27.5 Å². The molecule has 2 unspecified atom stereocenters. The molecule has 3 heterocycles. The van der Waals surface area contributed by atoms with Gasteiger partial charge in [0.2, 0.25) is 10.0 Å². The molecular formula is C25H27ClF2N4O6S. The van der Waals surface area contributed by atoms with Crippen molar-refractivity contribution in [2.45, 2.75) is 48.6 Å². The summed E-state index contributed by atoms with van der Waals surface area (Å²) in [6.45, 7) is 0.805. The second-order valence-corrected chi connectivity index (χ2v) is 12.2. The number of rotatable bonds is 5. The number of halogens is 3. The molecule has 5 rings (SSSR count). The summed E-state index contributed by atoms with van der Waals surface area (Å²) in [6, 6.07) is 5.81. The lowest BCUT2D eigenvalue weighted by Gasteiger charge is -2.47. The smallest absolute Gasteiger partial charge is 0.320 e. The summed E-state index contributed by atoms with van der Waals surface area (Å²) in [7, 11) is -4.67. The fourth-order valence-corrected chi connectivity index (χ4v) is 7.81. The second kappa shape index (κ2) is 10.5. The van der Waals surface area contributed by atoms with Crippen LogP contribution in [0.4, 0.5) is 13.6 Å². The zero-order chi connectivity index (χ0) is 27.9. The average molecular weight is 585 g/mol. The number of fused-ring (bicyclic) bond motifs is 2. The summed E-state index contributed by atoms with van der Waals surface area (Å²) in [6.07, 6.45) is 2.92. The van der Waals surface area contributed by atoms with Crippen molar-refractivity contribution < 1.29 is 36.7 Å². The Hall–Kier alpha value is -3.00. The third kappa shape index (κ3) is 4.92. The first-order valence-corrected chi connectivity index (χ1v) is 14.3. The Morgan fingerprint density at radius 3 is 2.31 bits per heavy atom. The van der Waals surface area contributed by atoms with Gasteiger partial charge in [0.1, 0.15) is 11.3 Å². The Bertz CT molecular complexity index is 1370. The molecular weight excluding hydrogens is 558 g/mol. The summed E-state index contributed by atoms with van der Waals surface area (Å²) in [5.74, 6) is -4.28. The molecule has 0 aliphatic carbocycles. The van der Waals surface area contributed by atoms with Crippen LogP contribution in [0, 0.1) is 11.6 Å². The van der Waals surface area contributed by atoms with E-state index in [0.717, 1.165) is 23.6 Å². The highest BCUT2D eigenvalue weighted by atomic mass is 35.5. The monoisotopic (exact) mass is 584 g/mol. The predicted octanol–water partition coefficient (Wildman–Crippen LogP) is 3.73. The SMILES string of the molecule is O=C(N1CCCCC1)N1CC2CCC(C(=O)NO)(C1)N2S(=O)(=O)c1cc(F)c(Oc2ccc(Cl)cc2)c(F)c1. The van der Waals surface area contributed by atoms with E-state index in [1.54, 1.807) is 4.90 Å². The molecule has 0 spiro atoms. The molecule has 0 saturated carbocycles. The van der Waals surface area contributed by atoms with Gasteiger partial charge in [-0.15, -0.1) is 0 Å². The van der Waals surface area contributed by atoms with Crippen LogP contribution >= 0.6 is 11.6 Å². The van der Waals surface area contributed by atoms with E-state index < -0.39 is 49.8 Å². The molecule has 3 saturated heterocycles. The molecule has 3 aliphatic heterocycles. The minimum Gasteiger partial charge on any atom is -0.451 e. The van der Waals surface area contributed by atoms with Gasteiger partial charge in [0.25, 0.3) is 5.91 Å². The number of carbonyl (C=O) groups is 2. The maximum atomic E-state index is 15.0. The van der Waals surface area contributed by atoms with Crippen LogP contribution in [0.25, 0.3) is 0 Å². The van der Waals surface area contributed by atoms with Gasteiger partial charge >= 0.3 is 6.03 Å². The topological polar surface area (TPSA) is 119 Å². The highest BCUT2D eigenvalue weighted by Crippen LogP contribution is 2.44. The normalized spacial score (nSPS) is 23.5. The summed E-state index contributed by atoms with van der Waals surface area (Å²) in [4.78, 5) is 28.6. The molecule has 0 aromatic heterocycles. The van der Waals surface area contributed by atoms with Gasteiger partial charge in [-0.05, 0) is 68.5 Å². The fourth-order valence-electron chi connectivity index (χ4n) is 5.70. The van der Waals surface area contributed by atoms with Crippen LogP contribution in [0.1, 0.15) is 32.1 Å². The first-order chi connectivity index (χ1) is 18.6. The van der Waals surface area contributed by atoms with Gasteiger partial charge in [0, 0.05) is 30.7 Å². The van der Waals surface area contributed by atoms with Crippen LogP contribution < -0.4 is 10.2 Å². The number of carbonyl (C=O) groups excluding carboxylic acids is 2. The zero-order valence-electron chi connectivity index (χ0n) is 20.8. The van der Waals surface area contributed by atoms with Crippen LogP contribution in [-0.2, 0) is 14.8 Å². The van der Waals surface area contributed by atoms with Gasteiger partial charge in [-0.3, -0.25) is 10.0 Å². The number of urea groups is 1. The lowest BCUT2D eigenvalue weighted by molar-refractivity contribution is -0.141. The lowest BCUT2D eigenvalue weighted by Crippen LogP contribution is -2.70. The third-order valence-corrected chi connectivity index (χ3v) is 9.76. The Balaban J connectivity index is 1.47. The molecule has 39 heavy (non-hydrogen) atoms. The largest absolute Gasteiger partial charge is 0.451 e. The maximum Gasteiger partial charge on any atom is 0.320 e. The van der Waals surface area contributed by atoms with E-state index >= 15 is 8.78 Å². The number of hydrogen-bond donors (Lipinski definition) is 2. The molecule has 2 aromatic carbocycles. The summed E-state index contributed by atoms with van der Waals surface area (Å²) in [5, 5.41) is 9.92. The Morgan fingerprint density at radius 1 is 1.05 bits per heavy atom. The number of ether oxygens (including phenoxy) is 1. The minimum absolute atomic E-state index is 0.00223. The second-order valence-electron chi connectivity index (χ2n) is 9.95. The van der Waals surface area contributed by atoms with E-state index in [-0.39, 0.29) is 37.7 Å². The number of benzene rings is 2. The van der Waals surface area contributed by atoms with E-state index in [1.165, 1.54) is 34.6 Å². The molecule has 3 fully saturated rings. The minimum atomic E-state index is -4.67. The van der Waals surface area contributed by atoms with E-state index in [1.807, 2.05) is 0 Å². The molecule has 210 valence electrons. The molecule has 3 amide bonds. The summed E-state index contributed by atoms with van der Waals surface area (Å²) < 4.78 is 63.9. The zero-order valence-corrected chi connectivity index (χ0v) is 22.4. The van der Waals surface area contributed by atoms with Crippen LogP contribution in [0.5, 0.6) is 11.5 Å². The number of piperidine rings is 1. The summed E-state index contributed by atoms with van der Waals surface area (Å²) in [5.41, 5.74) is -0.319. The van der Waals surface area contributed by atoms with Gasteiger partial charge in [0.15, 0.2) is 17.4 Å². The molecule has 2 atom stereocenters. The van der Waals surface area contributed by atoms with Crippen molar-refractivity contribution in [3.05, 3.63) is 53.1 Å². The van der Waals surface area contributed by atoms with E-state index in [4.69, 9.17) is 16.3 Å². The Morgan fingerprint density at radius 2 is 1.69 bits per heavy atom. The van der Waals surface area contributed by atoms with Crippen LogP contribution in [0.2, 0.25) is 5.02 Å². The Kier molecular flexibility index (Phi) is 7.44. The van der Waals surface area contributed by atoms with Crippen molar-refractivity contribution in [1.29, 1.82) is 0 Å². The number of likely N-dealkylation sites (tertiary alicyclic amines) is 2. The van der Waals surface area contributed by atoms with Crippen molar-refractivity contribution >= 4 is 33.6 Å². The fraction of sp³-hybridized carbons (Fsp3) is 0.440. The number of hydroxylamine groups is 1. The number of nitrogens with one attached hydrogen (secondary N) is 1. The molecule has 2 aromatic rings. The summed E-state index contributed by atoms with van der Waals surface area (Å²) >= 11 is 5.82. The van der Waals surface area contributed by atoms with E-state index in [2.05, 4.69) is 0 Å². The highest BCUT2D eigenvalue weighted by molar-refractivity contribution is 7.89. The number of piperazine rings is 1. The van der Waals surface area contributed by atoms with Gasteiger partial charge in [-0.2, -0.15) is 4.31 Å². The molecule has 2 bridgehead atoms. The van der Waals surface area contributed by atoms with Crippen molar-refractivity contribution in [2.24, 2.45) is 0 Å². The first-order valence-electron chi connectivity index (χ1n) is 12.5. The maximum absolute atomic E-state index is 15.0. The van der Waals surface area contributed by atoms with Gasteiger partial charge < -0.3 is 14.5 Å². The highest BCUT2D eigenvalue weighted by Gasteiger charge is 2.62. The van der Waals surface area contributed by atoms with Crippen LogP contribution in [0.15, 0.2) is 41.3 Å². The van der Waals surface area contributed by atoms with E-state index in [0.29, 0.717) is 30.2 Å². The number of amides is 3. The molecule has 2 N–H and O–H groups in total. The quantitative estimate of drug-likeness (QED) is 0.408. The molecule has 10 nitrogen and oxygen atoms in total. The van der Waals surface area contributed by atoms with Crippen molar-refractivity contribution in [3.8, 4) is 11.5 Å².